The van der Waals surface area contributed by atoms with Crippen molar-refractivity contribution in [1.82, 2.24) is 4.57 Å². The van der Waals surface area contributed by atoms with Gasteiger partial charge in [-0.3, -0.25) is 4.79 Å². The molecule has 22 heavy (non-hydrogen) atoms. The molecule has 0 N–H and O–H groups in total. The lowest BCUT2D eigenvalue weighted by Gasteiger charge is -2.13. The Morgan fingerprint density at radius 3 is 2.36 bits per heavy atom. The predicted molar refractivity (Wildman–Crippen MR) is 81.2 cm³/mol. The molecule has 0 atom stereocenters. The molecule has 118 valence electrons. The molecule has 1 heterocycles. The molecule has 2 aromatic rings. The molecule has 0 spiro atoms. The van der Waals surface area contributed by atoms with Crippen LogP contribution in [0, 0.1) is 0 Å². The lowest BCUT2D eigenvalue weighted by atomic mass is 9.98. The van der Waals surface area contributed by atoms with Crippen molar-refractivity contribution in [3.8, 4) is 11.1 Å². The van der Waals surface area contributed by atoms with E-state index in [9.17, 15) is 18.0 Å². The lowest BCUT2D eigenvalue weighted by Crippen LogP contribution is -2.16. The summed E-state index contributed by atoms with van der Waals surface area (Å²) in [6.07, 6.45) is -1.34. The van der Waals surface area contributed by atoms with E-state index in [2.05, 4.69) is 0 Å². The van der Waals surface area contributed by atoms with Gasteiger partial charge in [-0.25, -0.2) is 0 Å². The van der Waals surface area contributed by atoms with Gasteiger partial charge in [0.05, 0.1) is 10.6 Å². The first-order chi connectivity index (χ1) is 10.1. The largest absolute Gasteiger partial charge is 0.417 e. The van der Waals surface area contributed by atoms with Crippen LogP contribution in [0.5, 0.6) is 0 Å². The number of hydrogen-bond acceptors (Lipinski definition) is 1. The minimum absolute atomic E-state index is 0.0203. The van der Waals surface area contributed by atoms with Crippen LogP contribution in [-0.4, -0.2) is 4.57 Å². The van der Waals surface area contributed by atoms with Gasteiger partial charge in [-0.15, -0.1) is 0 Å². The van der Waals surface area contributed by atoms with Crippen LogP contribution in [0.4, 0.5) is 13.2 Å². The normalized spacial score (nSPS) is 12.0. The van der Waals surface area contributed by atoms with E-state index < -0.39 is 11.7 Å². The Labute approximate surface area is 131 Å². The zero-order valence-corrected chi connectivity index (χ0v) is 13.1. The third kappa shape index (κ3) is 3.19. The van der Waals surface area contributed by atoms with Crippen LogP contribution >= 0.6 is 11.6 Å². The molecule has 2 nitrogen and oxygen atoms in total. The minimum atomic E-state index is -4.56. The zero-order valence-electron chi connectivity index (χ0n) is 12.3. The molecule has 1 aromatic carbocycles. The highest BCUT2D eigenvalue weighted by molar-refractivity contribution is 6.31. The van der Waals surface area contributed by atoms with Gasteiger partial charge < -0.3 is 4.57 Å². The van der Waals surface area contributed by atoms with Gasteiger partial charge >= 0.3 is 6.18 Å². The SMILES string of the molecule is CC(C)c1cn(C)cc(-c2ccc(Cl)c(C(F)(F)F)c2)c1=O. The first kappa shape index (κ1) is 16.6. The second-order valence-electron chi connectivity index (χ2n) is 5.47. The van der Waals surface area contributed by atoms with E-state index in [-0.39, 0.29) is 27.5 Å². The van der Waals surface area contributed by atoms with Crippen molar-refractivity contribution in [2.24, 2.45) is 7.05 Å². The number of aromatic nitrogens is 1. The number of hydrogen-bond donors (Lipinski definition) is 0. The summed E-state index contributed by atoms with van der Waals surface area (Å²) in [4.78, 5) is 12.5. The van der Waals surface area contributed by atoms with E-state index in [1.165, 1.54) is 18.3 Å². The molecule has 0 bridgehead atoms. The van der Waals surface area contributed by atoms with E-state index >= 15 is 0 Å². The highest BCUT2D eigenvalue weighted by Crippen LogP contribution is 2.36. The summed E-state index contributed by atoms with van der Waals surface area (Å²) in [5.41, 5.74) is -0.202. The Bertz CT molecular complexity index is 763. The zero-order chi connectivity index (χ0) is 16.7. The maximum Gasteiger partial charge on any atom is 0.417 e. The fourth-order valence-electron chi connectivity index (χ4n) is 2.26. The maximum atomic E-state index is 13.0. The van der Waals surface area contributed by atoms with Gasteiger partial charge in [0.25, 0.3) is 0 Å². The first-order valence-electron chi connectivity index (χ1n) is 6.68. The molecular formula is C16H15ClF3NO. The van der Waals surface area contributed by atoms with Gasteiger partial charge in [0.1, 0.15) is 0 Å². The number of nitrogens with zero attached hydrogens (tertiary/aromatic N) is 1. The number of alkyl halides is 3. The average Bonchev–Trinajstić information content (AvgIpc) is 2.40. The highest BCUT2D eigenvalue weighted by atomic mass is 35.5. The Kier molecular flexibility index (Phi) is 4.38. The molecule has 0 aliphatic carbocycles. The van der Waals surface area contributed by atoms with Crippen molar-refractivity contribution in [1.29, 1.82) is 0 Å². The Morgan fingerprint density at radius 1 is 1.18 bits per heavy atom. The van der Waals surface area contributed by atoms with Crippen LogP contribution in [0.3, 0.4) is 0 Å². The third-order valence-electron chi connectivity index (χ3n) is 3.39. The molecule has 0 saturated heterocycles. The molecular weight excluding hydrogens is 315 g/mol. The van der Waals surface area contributed by atoms with Crippen LogP contribution in [0.2, 0.25) is 5.02 Å². The molecule has 0 fully saturated rings. The Morgan fingerprint density at radius 2 is 1.82 bits per heavy atom. The summed E-state index contributed by atoms with van der Waals surface area (Å²) in [5.74, 6) is -0.0203. The standard InChI is InChI=1S/C16H15ClF3NO/c1-9(2)11-7-21(3)8-12(15(11)22)10-4-5-14(17)13(6-10)16(18,19)20/h4-9H,1-3H3. The van der Waals surface area contributed by atoms with Crippen LogP contribution in [0.25, 0.3) is 11.1 Å². The lowest BCUT2D eigenvalue weighted by molar-refractivity contribution is -0.137. The number of rotatable bonds is 2. The molecule has 0 unspecified atom stereocenters. The summed E-state index contributed by atoms with van der Waals surface area (Å²) >= 11 is 5.62. The molecule has 0 saturated carbocycles. The molecule has 0 amide bonds. The summed E-state index contributed by atoms with van der Waals surface area (Å²) < 4.78 is 40.6. The number of benzene rings is 1. The molecule has 0 radical (unpaired) electrons. The van der Waals surface area contributed by atoms with Crippen LogP contribution in [-0.2, 0) is 13.2 Å². The second-order valence-corrected chi connectivity index (χ2v) is 5.88. The van der Waals surface area contributed by atoms with E-state index in [0.29, 0.717) is 5.56 Å². The molecule has 0 aliphatic rings. The Balaban J connectivity index is 2.70. The molecule has 1 aromatic heterocycles. The predicted octanol–water partition coefficient (Wildman–Crippen LogP) is 4.85. The number of halogens is 4. The maximum absolute atomic E-state index is 13.0. The number of pyridine rings is 1. The van der Waals surface area contributed by atoms with Gasteiger partial charge in [0.15, 0.2) is 5.43 Å². The quantitative estimate of drug-likeness (QED) is 0.772. The summed E-state index contributed by atoms with van der Waals surface area (Å²) in [6, 6.07) is 3.52. The van der Waals surface area contributed by atoms with Gasteiger partial charge in [-0.1, -0.05) is 31.5 Å². The molecule has 2 rings (SSSR count). The van der Waals surface area contributed by atoms with Crippen LogP contribution in [0.1, 0.15) is 30.9 Å². The van der Waals surface area contributed by atoms with Crippen molar-refractivity contribution in [2.45, 2.75) is 25.9 Å². The van der Waals surface area contributed by atoms with Gasteiger partial charge in [-0.05, 0) is 23.6 Å². The van der Waals surface area contributed by atoms with Crippen molar-refractivity contribution in [2.75, 3.05) is 0 Å². The van der Waals surface area contributed by atoms with Crippen LogP contribution in [0.15, 0.2) is 35.4 Å². The van der Waals surface area contributed by atoms with E-state index in [4.69, 9.17) is 11.6 Å². The molecule has 6 heteroatoms. The highest BCUT2D eigenvalue weighted by Gasteiger charge is 2.33. The number of aryl methyl sites for hydroxylation is 1. The van der Waals surface area contributed by atoms with Gasteiger partial charge in [-0.2, -0.15) is 13.2 Å². The van der Waals surface area contributed by atoms with Crippen LogP contribution < -0.4 is 5.43 Å². The smallest absolute Gasteiger partial charge is 0.356 e. The van der Waals surface area contributed by atoms with E-state index in [1.807, 2.05) is 13.8 Å². The second kappa shape index (κ2) is 5.80. The van der Waals surface area contributed by atoms with Gasteiger partial charge in [0.2, 0.25) is 0 Å². The Hall–Kier alpha value is -1.75. The fourth-order valence-corrected chi connectivity index (χ4v) is 2.48. The summed E-state index contributed by atoms with van der Waals surface area (Å²) in [6.45, 7) is 3.73. The van der Waals surface area contributed by atoms with Gasteiger partial charge in [0, 0.05) is 30.6 Å². The van der Waals surface area contributed by atoms with Crippen molar-refractivity contribution in [3.05, 3.63) is 57.0 Å². The summed E-state index contributed by atoms with van der Waals surface area (Å²) in [7, 11) is 1.73. The van der Waals surface area contributed by atoms with Crippen molar-refractivity contribution < 1.29 is 13.2 Å². The first-order valence-corrected chi connectivity index (χ1v) is 7.06. The van der Waals surface area contributed by atoms with Crippen molar-refractivity contribution >= 4 is 11.6 Å². The summed E-state index contributed by atoms with van der Waals surface area (Å²) in [5, 5.41) is -0.381. The monoisotopic (exact) mass is 329 g/mol. The van der Waals surface area contributed by atoms with Crippen molar-refractivity contribution in [3.63, 3.8) is 0 Å². The van der Waals surface area contributed by atoms with E-state index in [0.717, 1.165) is 6.07 Å². The fraction of sp³-hybridized carbons (Fsp3) is 0.312. The van der Waals surface area contributed by atoms with E-state index in [1.54, 1.807) is 17.8 Å². The third-order valence-corrected chi connectivity index (χ3v) is 3.72. The molecule has 0 aliphatic heterocycles. The average molecular weight is 330 g/mol. The topological polar surface area (TPSA) is 22.0 Å². The minimum Gasteiger partial charge on any atom is -0.356 e.